The molecule has 1 N–H and O–H groups in total. The zero-order chi connectivity index (χ0) is 13.9. The van der Waals surface area contributed by atoms with Gasteiger partial charge in [-0.05, 0) is 37.9 Å². The lowest BCUT2D eigenvalue weighted by Crippen LogP contribution is -2.38. The molecule has 0 bridgehead atoms. The van der Waals surface area contributed by atoms with E-state index in [1.165, 1.54) is 0 Å². The number of fused-ring (bicyclic) bond motifs is 1. The van der Waals surface area contributed by atoms with Gasteiger partial charge in [-0.25, -0.2) is 0 Å². The molecule has 0 unspecified atom stereocenters. The molecule has 2 aromatic carbocycles. The van der Waals surface area contributed by atoms with E-state index >= 15 is 0 Å². The van der Waals surface area contributed by atoms with Gasteiger partial charge in [0.25, 0.3) is 0 Å². The normalized spacial score (nSPS) is 19.9. The molecule has 1 heterocycles. The van der Waals surface area contributed by atoms with Crippen LogP contribution in [0.2, 0.25) is 0 Å². The molecule has 1 amide bonds. The fourth-order valence-electron chi connectivity index (χ4n) is 2.95. The Morgan fingerprint density at radius 1 is 1.20 bits per heavy atom. The van der Waals surface area contributed by atoms with E-state index in [4.69, 9.17) is 0 Å². The summed E-state index contributed by atoms with van der Waals surface area (Å²) in [6.07, 6.45) is 2.09. The summed E-state index contributed by atoms with van der Waals surface area (Å²) < 4.78 is 0. The van der Waals surface area contributed by atoms with Gasteiger partial charge in [0.05, 0.1) is 5.92 Å². The maximum absolute atomic E-state index is 12.4. The van der Waals surface area contributed by atoms with E-state index in [-0.39, 0.29) is 11.8 Å². The van der Waals surface area contributed by atoms with Crippen LogP contribution in [0.1, 0.15) is 12.8 Å². The lowest BCUT2D eigenvalue weighted by Gasteiger charge is -2.28. The molecule has 0 spiro atoms. The van der Waals surface area contributed by atoms with Gasteiger partial charge in [-0.3, -0.25) is 4.79 Å². The first-order valence-electron chi connectivity index (χ1n) is 7.21. The van der Waals surface area contributed by atoms with Crippen LogP contribution in [0.25, 0.3) is 10.8 Å². The molecule has 0 aromatic heterocycles. The Bertz CT molecular complexity index is 618. The molecule has 2 aromatic rings. The second-order valence-corrected chi connectivity index (χ2v) is 5.62. The van der Waals surface area contributed by atoms with Crippen molar-refractivity contribution in [2.75, 3.05) is 25.5 Å². The summed E-state index contributed by atoms with van der Waals surface area (Å²) >= 11 is 0. The van der Waals surface area contributed by atoms with Crippen LogP contribution in [-0.4, -0.2) is 30.9 Å². The Balaban J connectivity index is 1.80. The zero-order valence-corrected chi connectivity index (χ0v) is 11.8. The lowest BCUT2D eigenvalue weighted by molar-refractivity contribution is -0.121. The smallest absolute Gasteiger partial charge is 0.228 e. The average Bonchev–Trinajstić information content (AvgIpc) is 2.47. The van der Waals surface area contributed by atoms with Crippen molar-refractivity contribution in [3.8, 4) is 0 Å². The SMILES string of the molecule is CN1CCC[C@H](C(=O)Nc2cccc3ccccc23)C1. The standard InChI is InChI=1S/C17H20N2O/c1-19-11-5-8-14(12-19)17(20)18-16-10-4-7-13-6-2-3-9-15(13)16/h2-4,6-7,9-10,14H,5,8,11-12H2,1H3,(H,18,20)/t14-/m0/s1. The van der Waals surface area contributed by atoms with E-state index in [2.05, 4.69) is 35.5 Å². The van der Waals surface area contributed by atoms with Crippen LogP contribution >= 0.6 is 0 Å². The van der Waals surface area contributed by atoms with Gasteiger partial charge in [-0.15, -0.1) is 0 Å². The summed E-state index contributed by atoms with van der Waals surface area (Å²) in [7, 11) is 2.08. The highest BCUT2D eigenvalue weighted by molar-refractivity contribution is 6.02. The van der Waals surface area contributed by atoms with Gasteiger partial charge in [-0.1, -0.05) is 36.4 Å². The van der Waals surface area contributed by atoms with Crippen molar-refractivity contribution in [3.05, 3.63) is 42.5 Å². The highest BCUT2D eigenvalue weighted by atomic mass is 16.1. The summed E-state index contributed by atoms with van der Waals surface area (Å²) in [5.74, 6) is 0.251. The topological polar surface area (TPSA) is 32.3 Å². The Morgan fingerprint density at radius 3 is 2.85 bits per heavy atom. The van der Waals surface area contributed by atoms with Crippen molar-refractivity contribution in [2.45, 2.75) is 12.8 Å². The van der Waals surface area contributed by atoms with Gasteiger partial charge in [0.2, 0.25) is 5.91 Å². The molecule has 1 aliphatic heterocycles. The van der Waals surface area contributed by atoms with Gasteiger partial charge in [-0.2, -0.15) is 0 Å². The molecule has 1 atom stereocenters. The number of nitrogens with zero attached hydrogens (tertiary/aromatic N) is 1. The monoisotopic (exact) mass is 268 g/mol. The van der Waals surface area contributed by atoms with Crippen molar-refractivity contribution < 1.29 is 4.79 Å². The van der Waals surface area contributed by atoms with Crippen LogP contribution in [0.4, 0.5) is 5.69 Å². The first kappa shape index (κ1) is 13.1. The highest BCUT2D eigenvalue weighted by Crippen LogP contribution is 2.24. The van der Waals surface area contributed by atoms with Crippen molar-refractivity contribution in [2.24, 2.45) is 5.92 Å². The van der Waals surface area contributed by atoms with E-state index in [9.17, 15) is 4.79 Å². The summed E-state index contributed by atoms with van der Waals surface area (Å²) in [6.45, 7) is 1.95. The molecule has 1 fully saturated rings. The van der Waals surface area contributed by atoms with Crippen LogP contribution in [0.15, 0.2) is 42.5 Å². The van der Waals surface area contributed by atoms with Crippen molar-refractivity contribution in [1.29, 1.82) is 0 Å². The number of nitrogens with one attached hydrogen (secondary N) is 1. The van der Waals surface area contributed by atoms with Gasteiger partial charge >= 0.3 is 0 Å². The first-order valence-corrected chi connectivity index (χ1v) is 7.21. The number of carbonyl (C=O) groups excluding carboxylic acids is 1. The number of amides is 1. The van der Waals surface area contributed by atoms with Gasteiger partial charge in [0.15, 0.2) is 0 Å². The molecular weight excluding hydrogens is 248 g/mol. The van der Waals surface area contributed by atoms with E-state index in [1.54, 1.807) is 0 Å². The molecule has 3 nitrogen and oxygen atoms in total. The quantitative estimate of drug-likeness (QED) is 0.907. The second-order valence-electron chi connectivity index (χ2n) is 5.62. The number of benzene rings is 2. The third-order valence-corrected chi connectivity index (χ3v) is 4.04. The Hall–Kier alpha value is -1.87. The van der Waals surface area contributed by atoms with Crippen molar-refractivity contribution >= 4 is 22.4 Å². The average molecular weight is 268 g/mol. The van der Waals surface area contributed by atoms with Crippen LogP contribution < -0.4 is 5.32 Å². The largest absolute Gasteiger partial charge is 0.325 e. The van der Waals surface area contributed by atoms with Crippen LogP contribution in [-0.2, 0) is 4.79 Å². The number of rotatable bonds is 2. The Morgan fingerprint density at radius 2 is 2.00 bits per heavy atom. The molecule has 0 radical (unpaired) electrons. The molecule has 3 heteroatoms. The maximum Gasteiger partial charge on any atom is 0.228 e. The fraction of sp³-hybridized carbons (Fsp3) is 0.353. The number of carbonyl (C=O) groups is 1. The molecule has 1 saturated heterocycles. The number of likely N-dealkylation sites (tertiary alicyclic amines) is 1. The molecule has 1 aliphatic rings. The Labute approximate surface area is 119 Å². The fourth-order valence-corrected chi connectivity index (χ4v) is 2.95. The van der Waals surface area contributed by atoms with Gasteiger partial charge < -0.3 is 10.2 Å². The minimum atomic E-state index is 0.104. The van der Waals surface area contributed by atoms with Gasteiger partial charge in [0, 0.05) is 17.6 Å². The number of piperidine rings is 1. The molecule has 104 valence electrons. The molecular formula is C17H20N2O. The minimum Gasteiger partial charge on any atom is -0.325 e. The maximum atomic E-state index is 12.4. The summed E-state index contributed by atoms with van der Waals surface area (Å²) in [6, 6.07) is 14.2. The van der Waals surface area contributed by atoms with E-state index < -0.39 is 0 Å². The number of hydrogen-bond donors (Lipinski definition) is 1. The summed E-state index contributed by atoms with van der Waals surface area (Å²) in [5, 5.41) is 5.37. The Kier molecular flexibility index (Phi) is 3.70. The van der Waals surface area contributed by atoms with Crippen molar-refractivity contribution in [1.82, 2.24) is 4.90 Å². The third kappa shape index (κ3) is 2.68. The van der Waals surface area contributed by atoms with Gasteiger partial charge in [0.1, 0.15) is 0 Å². The molecule has 20 heavy (non-hydrogen) atoms. The molecule has 0 aliphatic carbocycles. The van der Waals surface area contributed by atoms with E-state index in [1.807, 2.05) is 24.3 Å². The predicted molar refractivity (Wildman–Crippen MR) is 82.8 cm³/mol. The molecule has 0 saturated carbocycles. The van der Waals surface area contributed by atoms with E-state index in [0.29, 0.717) is 0 Å². The second kappa shape index (κ2) is 5.63. The number of anilines is 1. The van der Waals surface area contributed by atoms with Crippen LogP contribution in [0, 0.1) is 5.92 Å². The van der Waals surface area contributed by atoms with Crippen LogP contribution in [0.3, 0.4) is 0 Å². The minimum absolute atomic E-state index is 0.104. The molecule has 3 rings (SSSR count). The van der Waals surface area contributed by atoms with Crippen LogP contribution in [0.5, 0.6) is 0 Å². The predicted octanol–water partition coefficient (Wildman–Crippen LogP) is 3.12. The van der Waals surface area contributed by atoms with Crippen molar-refractivity contribution in [3.63, 3.8) is 0 Å². The lowest BCUT2D eigenvalue weighted by atomic mass is 9.97. The third-order valence-electron chi connectivity index (χ3n) is 4.04. The summed E-state index contributed by atoms with van der Waals surface area (Å²) in [4.78, 5) is 14.7. The summed E-state index contributed by atoms with van der Waals surface area (Å²) in [5.41, 5.74) is 0.918. The number of hydrogen-bond acceptors (Lipinski definition) is 2. The zero-order valence-electron chi connectivity index (χ0n) is 11.8. The highest BCUT2D eigenvalue weighted by Gasteiger charge is 2.24. The van der Waals surface area contributed by atoms with E-state index in [0.717, 1.165) is 42.4 Å². The first-order chi connectivity index (χ1) is 9.74.